The second-order valence-corrected chi connectivity index (χ2v) is 8.83. The highest BCUT2D eigenvalue weighted by atomic mass is 19.4. The number of nitrogens with zero attached hydrogens (tertiary/aromatic N) is 3. The van der Waals surface area contributed by atoms with Gasteiger partial charge in [-0.15, -0.1) is 0 Å². The van der Waals surface area contributed by atoms with Crippen molar-refractivity contribution in [2.75, 3.05) is 0 Å². The van der Waals surface area contributed by atoms with Gasteiger partial charge in [-0.1, -0.05) is 0 Å². The van der Waals surface area contributed by atoms with Crippen LogP contribution >= 0.6 is 0 Å². The van der Waals surface area contributed by atoms with Crippen LogP contribution in [-0.4, -0.2) is 32.6 Å². The number of imidazole rings is 1. The standard InChI is InChI=1S/C21H25F5N4O/c22-20(23)6-3-13(4-7-20)9-16-12-30-17(28-16)10-15(11-27-30)19(14-1-2-14)29-18(31)5-8-21(24,25)26/h10-14,19H,1-9H2,(H,29,31). The van der Waals surface area contributed by atoms with E-state index in [1.165, 1.54) is 0 Å². The molecule has 2 aromatic heterocycles. The second-order valence-electron chi connectivity index (χ2n) is 8.83. The average molecular weight is 444 g/mol. The van der Waals surface area contributed by atoms with Crippen LogP contribution in [0.5, 0.6) is 0 Å². The van der Waals surface area contributed by atoms with Crippen LogP contribution in [0.3, 0.4) is 0 Å². The van der Waals surface area contributed by atoms with Crippen molar-refractivity contribution in [1.29, 1.82) is 0 Å². The Kier molecular flexibility index (Phi) is 5.91. The first-order valence-corrected chi connectivity index (χ1v) is 10.7. The van der Waals surface area contributed by atoms with E-state index in [4.69, 9.17) is 0 Å². The fraction of sp³-hybridized carbons (Fsp3) is 0.667. The molecule has 0 aromatic carbocycles. The first-order valence-electron chi connectivity index (χ1n) is 10.7. The van der Waals surface area contributed by atoms with E-state index >= 15 is 0 Å². The zero-order valence-electron chi connectivity index (χ0n) is 17.0. The summed E-state index contributed by atoms with van der Waals surface area (Å²) in [4.78, 5) is 16.6. The molecule has 0 saturated heterocycles. The molecule has 4 rings (SSSR count). The summed E-state index contributed by atoms with van der Waals surface area (Å²) in [5.74, 6) is -2.85. The van der Waals surface area contributed by atoms with Crippen LogP contribution < -0.4 is 5.32 Å². The zero-order valence-corrected chi connectivity index (χ0v) is 17.0. The molecular weight excluding hydrogens is 419 g/mol. The molecule has 0 radical (unpaired) electrons. The molecule has 170 valence electrons. The maximum atomic E-state index is 13.4. The number of fused-ring (bicyclic) bond motifs is 1. The van der Waals surface area contributed by atoms with Crippen LogP contribution in [0, 0.1) is 11.8 Å². The summed E-state index contributed by atoms with van der Waals surface area (Å²) >= 11 is 0. The summed E-state index contributed by atoms with van der Waals surface area (Å²) in [5.41, 5.74) is 2.06. The minimum atomic E-state index is -4.37. The number of hydrogen-bond acceptors (Lipinski definition) is 3. The molecule has 1 atom stereocenters. The number of nitrogens with one attached hydrogen (secondary N) is 1. The molecule has 2 fully saturated rings. The molecule has 2 heterocycles. The van der Waals surface area contributed by atoms with Gasteiger partial charge in [0.1, 0.15) is 0 Å². The normalized spacial score (nSPS) is 20.7. The summed E-state index contributed by atoms with van der Waals surface area (Å²) in [5, 5.41) is 7.07. The van der Waals surface area contributed by atoms with Gasteiger partial charge in [0.05, 0.1) is 30.6 Å². The van der Waals surface area contributed by atoms with E-state index in [0.29, 0.717) is 30.5 Å². The molecular formula is C21H25F5N4O. The van der Waals surface area contributed by atoms with Crippen LogP contribution in [0.2, 0.25) is 0 Å². The molecule has 31 heavy (non-hydrogen) atoms. The molecule has 2 aliphatic carbocycles. The predicted octanol–water partition coefficient (Wildman–Crippen LogP) is 5.01. The Morgan fingerprint density at radius 2 is 1.94 bits per heavy atom. The molecule has 1 N–H and O–H groups in total. The Hall–Kier alpha value is -2.26. The molecule has 2 saturated carbocycles. The van der Waals surface area contributed by atoms with E-state index in [1.54, 1.807) is 23.0 Å². The number of alkyl halides is 5. The van der Waals surface area contributed by atoms with Crippen molar-refractivity contribution >= 4 is 11.6 Å². The van der Waals surface area contributed by atoms with E-state index in [9.17, 15) is 26.7 Å². The molecule has 0 spiro atoms. The molecule has 1 amide bonds. The number of rotatable bonds is 7. The highest BCUT2D eigenvalue weighted by molar-refractivity contribution is 5.76. The Morgan fingerprint density at radius 3 is 2.58 bits per heavy atom. The third-order valence-corrected chi connectivity index (χ3v) is 6.13. The van der Waals surface area contributed by atoms with Gasteiger partial charge in [0, 0.05) is 19.3 Å². The molecule has 0 aliphatic heterocycles. The molecule has 10 heteroatoms. The van der Waals surface area contributed by atoms with Crippen LogP contribution in [-0.2, 0) is 11.2 Å². The minimum absolute atomic E-state index is 0.0927. The Labute approximate surface area is 176 Å². The van der Waals surface area contributed by atoms with Gasteiger partial charge in [-0.3, -0.25) is 4.79 Å². The van der Waals surface area contributed by atoms with Gasteiger partial charge < -0.3 is 5.32 Å². The molecule has 0 bridgehead atoms. The van der Waals surface area contributed by atoms with E-state index in [0.717, 1.165) is 18.5 Å². The van der Waals surface area contributed by atoms with Crippen molar-refractivity contribution in [3.63, 3.8) is 0 Å². The largest absolute Gasteiger partial charge is 0.389 e. The van der Waals surface area contributed by atoms with E-state index < -0.39 is 30.8 Å². The lowest BCUT2D eigenvalue weighted by atomic mass is 9.84. The number of carbonyl (C=O) groups is 1. The highest BCUT2D eigenvalue weighted by Gasteiger charge is 2.36. The lowest BCUT2D eigenvalue weighted by Gasteiger charge is -2.27. The van der Waals surface area contributed by atoms with Gasteiger partial charge in [-0.05, 0) is 55.6 Å². The summed E-state index contributed by atoms with van der Waals surface area (Å²) in [6.07, 6.45) is 0.397. The summed E-state index contributed by atoms with van der Waals surface area (Å²) < 4.78 is 65.5. The van der Waals surface area contributed by atoms with Crippen molar-refractivity contribution in [3.05, 3.63) is 29.7 Å². The maximum absolute atomic E-state index is 13.4. The van der Waals surface area contributed by atoms with E-state index in [1.807, 2.05) is 0 Å². The number of aromatic nitrogens is 3. The highest BCUT2D eigenvalue weighted by Crippen LogP contribution is 2.41. The fourth-order valence-electron chi connectivity index (χ4n) is 4.21. The van der Waals surface area contributed by atoms with Crippen molar-refractivity contribution in [1.82, 2.24) is 19.9 Å². The number of carbonyl (C=O) groups excluding carboxylic acids is 1. The lowest BCUT2D eigenvalue weighted by Crippen LogP contribution is -2.30. The SMILES string of the molecule is O=C(CCC(F)(F)F)NC(c1cnn2cc(CC3CCC(F)(F)CC3)nc2c1)C1CC1. The predicted molar refractivity (Wildman–Crippen MR) is 102 cm³/mol. The van der Waals surface area contributed by atoms with Crippen molar-refractivity contribution in [3.8, 4) is 0 Å². The van der Waals surface area contributed by atoms with Crippen molar-refractivity contribution < 1.29 is 26.7 Å². The molecule has 2 aliphatic rings. The third kappa shape index (κ3) is 5.92. The van der Waals surface area contributed by atoms with E-state index in [-0.39, 0.29) is 30.7 Å². The minimum Gasteiger partial charge on any atom is -0.349 e. The van der Waals surface area contributed by atoms with Gasteiger partial charge in [-0.25, -0.2) is 18.3 Å². The lowest BCUT2D eigenvalue weighted by molar-refractivity contribution is -0.144. The Bertz CT molecular complexity index is 927. The Balaban J connectivity index is 1.43. The first-order chi connectivity index (χ1) is 14.6. The van der Waals surface area contributed by atoms with Gasteiger partial charge in [-0.2, -0.15) is 18.3 Å². The summed E-state index contributed by atoms with van der Waals surface area (Å²) in [6, 6.07) is 1.40. The van der Waals surface area contributed by atoms with Crippen LogP contribution in [0.4, 0.5) is 22.0 Å². The van der Waals surface area contributed by atoms with Crippen LogP contribution in [0.15, 0.2) is 18.5 Å². The number of amides is 1. The summed E-state index contributed by atoms with van der Waals surface area (Å²) in [6.45, 7) is 0. The van der Waals surface area contributed by atoms with Gasteiger partial charge in [0.2, 0.25) is 11.8 Å². The maximum Gasteiger partial charge on any atom is 0.389 e. The average Bonchev–Trinajstić information content (AvgIpc) is 3.45. The zero-order chi connectivity index (χ0) is 22.2. The fourth-order valence-corrected chi connectivity index (χ4v) is 4.21. The monoisotopic (exact) mass is 444 g/mol. The number of hydrogen-bond donors (Lipinski definition) is 1. The van der Waals surface area contributed by atoms with Crippen molar-refractivity contribution in [2.24, 2.45) is 11.8 Å². The van der Waals surface area contributed by atoms with Gasteiger partial charge in [0.25, 0.3) is 0 Å². The smallest absolute Gasteiger partial charge is 0.349 e. The molecule has 1 unspecified atom stereocenters. The van der Waals surface area contributed by atoms with Gasteiger partial charge >= 0.3 is 6.18 Å². The van der Waals surface area contributed by atoms with E-state index in [2.05, 4.69) is 15.4 Å². The quantitative estimate of drug-likeness (QED) is 0.611. The molecule has 5 nitrogen and oxygen atoms in total. The van der Waals surface area contributed by atoms with Crippen LogP contribution in [0.25, 0.3) is 5.65 Å². The molecule has 2 aromatic rings. The van der Waals surface area contributed by atoms with Crippen molar-refractivity contribution in [2.45, 2.75) is 75.9 Å². The Morgan fingerprint density at radius 1 is 1.23 bits per heavy atom. The first kappa shape index (κ1) is 22.0. The van der Waals surface area contributed by atoms with Gasteiger partial charge in [0.15, 0.2) is 5.65 Å². The second kappa shape index (κ2) is 8.35. The topological polar surface area (TPSA) is 59.3 Å². The van der Waals surface area contributed by atoms with Crippen LogP contribution in [0.1, 0.15) is 68.7 Å². The number of halogens is 5. The third-order valence-electron chi connectivity index (χ3n) is 6.13. The summed E-state index contributed by atoms with van der Waals surface area (Å²) in [7, 11) is 0.